The van der Waals surface area contributed by atoms with Crippen LogP contribution in [0.2, 0.25) is 10.0 Å². The maximum Gasteiger partial charge on any atom is 0.254 e. The van der Waals surface area contributed by atoms with Gasteiger partial charge in [0, 0.05) is 47.1 Å². The van der Waals surface area contributed by atoms with Crippen LogP contribution in [0.1, 0.15) is 41.0 Å². The van der Waals surface area contributed by atoms with Gasteiger partial charge in [0.05, 0.1) is 13.7 Å². The van der Waals surface area contributed by atoms with E-state index in [0.29, 0.717) is 41.8 Å². The lowest BCUT2D eigenvalue weighted by atomic mass is 10.1. The second kappa shape index (κ2) is 14.2. The van der Waals surface area contributed by atoms with Crippen LogP contribution in [0.25, 0.3) is 0 Å². The number of carbonyl (C=O) groups excluding carboxylic acids is 2. The van der Waals surface area contributed by atoms with Crippen molar-refractivity contribution in [3.63, 3.8) is 0 Å². The number of methoxy groups -OCH3 is 1. The molecule has 0 atom stereocenters. The molecule has 3 aromatic carbocycles. The minimum Gasteiger partial charge on any atom is -0.497 e. The van der Waals surface area contributed by atoms with Crippen LogP contribution in [0.5, 0.6) is 5.75 Å². The number of rotatable bonds is 12. The van der Waals surface area contributed by atoms with Crippen LogP contribution in [0.4, 0.5) is 0 Å². The van der Waals surface area contributed by atoms with Crippen molar-refractivity contribution in [3.05, 3.63) is 124 Å². The molecule has 4 rings (SSSR count). The molecule has 0 unspecified atom stereocenters. The Kier molecular flexibility index (Phi) is 10.5. The minimum absolute atomic E-state index is 0.0649. The zero-order valence-corrected chi connectivity index (χ0v) is 25.1. The predicted octanol–water partition coefficient (Wildman–Crippen LogP) is 7.18. The van der Waals surface area contributed by atoms with Crippen molar-refractivity contribution in [2.24, 2.45) is 5.92 Å². The van der Waals surface area contributed by atoms with Crippen molar-refractivity contribution in [3.8, 4) is 5.75 Å². The van der Waals surface area contributed by atoms with Crippen molar-refractivity contribution in [1.82, 2.24) is 14.4 Å². The first-order chi connectivity index (χ1) is 19.7. The van der Waals surface area contributed by atoms with E-state index in [9.17, 15) is 9.59 Å². The van der Waals surface area contributed by atoms with Crippen LogP contribution >= 0.6 is 23.2 Å². The molecule has 0 N–H and O–H groups in total. The Morgan fingerprint density at radius 3 is 2.22 bits per heavy atom. The Morgan fingerprint density at radius 2 is 1.54 bits per heavy atom. The van der Waals surface area contributed by atoms with Gasteiger partial charge >= 0.3 is 0 Å². The summed E-state index contributed by atoms with van der Waals surface area (Å²) in [5.74, 6) is 0.527. The van der Waals surface area contributed by atoms with Crippen LogP contribution < -0.4 is 4.74 Å². The monoisotopic (exact) mass is 591 g/mol. The molecule has 1 aromatic heterocycles. The molecular weight excluding hydrogens is 557 g/mol. The standard InChI is InChI=1S/C33H35Cl2N3O3/c1-24(2)19-38(33(40)27-16-28(34)18-29(35)17-27)23-32(39)37(20-25-9-5-4-6-10-25)22-30-12-8-14-36(30)21-26-11-7-13-31(15-26)41-3/h4-18,24H,19-23H2,1-3H3. The van der Waals surface area contributed by atoms with Gasteiger partial charge in [-0.15, -0.1) is 0 Å². The number of nitrogens with zero attached hydrogens (tertiary/aromatic N) is 3. The number of hydrogen-bond acceptors (Lipinski definition) is 3. The SMILES string of the molecule is COc1cccc(Cn2cccc2CN(Cc2ccccc2)C(=O)CN(CC(C)C)C(=O)c2cc(Cl)cc(Cl)c2)c1. The minimum atomic E-state index is -0.280. The number of amides is 2. The Balaban J connectivity index is 1.59. The summed E-state index contributed by atoms with van der Waals surface area (Å²) in [6.07, 6.45) is 2.01. The topological polar surface area (TPSA) is 54.8 Å². The number of aromatic nitrogens is 1. The van der Waals surface area contributed by atoms with Crippen molar-refractivity contribution in [2.75, 3.05) is 20.2 Å². The van der Waals surface area contributed by atoms with Crippen molar-refractivity contribution < 1.29 is 14.3 Å². The van der Waals surface area contributed by atoms with E-state index in [1.165, 1.54) is 0 Å². The summed E-state index contributed by atoms with van der Waals surface area (Å²) in [4.78, 5) is 30.9. The number of ether oxygens (including phenoxy) is 1. The van der Waals surface area contributed by atoms with E-state index in [0.717, 1.165) is 22.6 Å². The fourth-order valence-corrected chi connectivity index (χ4v) is 5.26. The molecule has 0 bridgehead atoms. The van der Waals surface area contributed by atoms with Crippen LogP contribution in [0.3, 0.4) is 0 Å². The molecule has 0 saturated carbocycles. The Morgan fingerprint density at radius 1 is 0.829 bits per heavy atom. The van der Waals surface area contributed by atoms with E-state index >= 15 is 0 Å². The molecule has 0 spiro atoms. The normalized spacial score (nSPS) is 11.0. The van der Waals surface area contributed by atoms with E-state index in [1.807, 2.05) is 80.7 Å². The lowest BCUT2D eigenvalue weighted by Crippen LogP contribution is -2.44. The molecule has 8 heteroatoms. The van der Waals surface area contributed by atoms with Gasteiger partial charge in [0.15, 0.2) is 0 Å². The number of halogens is 2. The smallest absolute Gasteiger partial charge is 0.254 e. The first-order valence-electron chi connectivity index (χ1n) is 13.6. The molecule has 214 valence electrons. The third-order valence-electron chi connectivity index (χ3n) is 6.64. The van der Waals surface area contributed by atoms with Crippen LogP contribution in [-0.4, -0.2) is 46.4 Å². The molecule has 6 nitrogen and oxygen atoms in total. The third kappa shape index (κ3) is 8.62. The second-order valence-corrected chi connectivity index (χ2v) is 11.3. The average Bonchev–Trinajstić information content (AvgIpc) is 3.38. The van der Waals surface area contributed by atoms with Gasteiger partial charge < -0.3 is 19.1 Å². The highest BCUT2D eigenvalue weighted by atomic mass is 35.5. The van der Waals surface area contributed by atoms with Crippen molar-refractivity contribution in [2.45, 2.75) is 33.5 Å². The molecule has 0 aliphatic rings. The van der Waals surface area contributed by atoms with E-state index in [-0.39, 0.29) is 24.3 Å². The van der Waals surface area contributed by atoms with Crippen LogP contribution in [0, 0.1) is 5.92 Å². The quantitative estimate of drug-likeness (QED) is 0.175. The molecule has 2 amide bonds. The number of carbonyl (C=O) groups is 2. The lowest BCUT2D eigenvalue weighted by Gasteiger charge is -2.29. The molecule has 41 heavy (non-hydrogen) atoms. The summed E-state index contributed by atoms with van der Waals surface area (Å²) in [5, 5.41) is 0.748. The zero-order chi connectivity index (χ0) is 29.4. The van der Waals surface area contributed by atoms with Gasteiger partial charge in [0.25, 0.3) is 5.91 Å². The zero-order valence-electron chi connectivity index (χ0n) is 23.6. The van der Waals surface area contributed by atoms with Gasteiger partial charge in [-0.2, -0.15) is 0 Å². The van der Waals surface area contributed by atoms with Crippen LogP contribution in [0.15, 0.2) is 91.1 Å². The molecule has 0 saturated heterocycles. The summed E-state index contributed by atoms with van der Waals surface area (Å²) in [5.41, 5.74) is 3.45. The van der Waals surface area contributed by atoms with E-state index < -0.39 is 0 Å². The first kappa shape index (κ1) is 30.2. The number of benzene rings is 3. The highest BCUT2D eigenvalue weighted by Crippen LogP contribution is 2.22. The largest absolute Gasteiger partial charge is 0.497 e. The van der Waals surface area contributed by atoms with Crippen molar-refractivity contribution >= 4 is 35.0 Å². The third-order valence-corrected chi connectivity index (χ3v) is 7.08. The van der Waals surface area contributed by atoms with Gasteiger partial charge in [-0.3, -0.25) is 9.59 Å². The summed E-state index contributed by atoms with van der Waals surface area (Å²) >= 11 is 12.4. The Hall–Kier alpha value is -3.74. The van der Waals surface area contributed by atoms with Gasteiger partial charge in [-0.1, -0.05) is 79.5 Å². The molecule has 4 aromatic rings. The van der Waals surface area contributed by atoms with Crippen LogP contribution in [-0.2, 0) is 24.4 Å². The fraction of sp³-hybridized carbons (Fsp3) is 0.273. The molecule has 0 radical (unpaired) electrons. The first-order valence-corrected chi connectivity index (χ1v) is 14.3. The highest BCUT2D eigenvalue weighted by molar-refractivity contribution is 6.35. The molecular formula is C33H35Cl2N3O3. The van der Waals surface area contributed by atoms with E-state index in [2.05, 4.69) is 10.6 Å². The van der Waals surface area contributed by atoms with Gasteiger partial charge in [-0.05, 0) is 59.5 Å². The Bertz CT molecular complexity index is 1450. The molecule has 0 fully saturated rings. The molecule has 1 heterocycles. The Labute approximate surface area is 252 Å². The highest BCUT2D eigenvalue weighted by Gasteiger charge is 2.25. The summed E-state index contributed by atoms with van der Waals surface area (Å²) in [6, 6.07) is 26.6. The van der Waals surface area contributed by atoms with Gasteiger partial charge in [0.2, 0.25) is 5.91 Å². The maximum absolute atomic E-state index is 13.9. The second-order valence-electron chi connectivity index (χ2n) is 10.5. The van der Waals surface area contributed by atoms with E-state index in [4.69, 9.17) is 27.9 Å². The van der Waals surface area contributed by atoms with Gasteiger partial charge in [0.1, 0.15) is 12.3 Å². The average molecular weight is 593 g/mol. The lowest BCUT2D eigenvalue weighted by molar-refractivity contribution is -0.133. The van der Waals surface area contributed by atoms with E-state index in [1.54, 1.807) is 35.1 Å². The van der Waals surface area contributed by atoms with Gasteiger partial charge in [-0.25, -0.2) is 0 Å². The summed E-state index contributed by atoms with van der Waals surface area (Å²) < 4.78 is 7.52. The number of hydrogen-bond donors (Lipinski definition) is 0. The predicted molar refractivity (Wildman–Crippen MR) is 164 cm³/mol. The molecule has 0 aliphatic heterocycles. The maximum atomic E-state index is 13.9. The fourth-order valence-electron chi connectivity index (χ4n) is 4.73. The van der Waals surface area contributed by atoms with Crippen molar-refractivity contribution in [1.29, 1.82) is 0 Å². The summed E-state index contributed by atoms with van der Waals surface area (Å²) in [6.45, 7) is 5.82. The summed E-state index contributed by atoms with van der Waals surface area (Å²) in [7, 11) is 1.65. The molecule has 0 aliphatic carbocycles.